The number of amides is 2. The van der Waals surface area contributed by atoms with Crippen LogP contribution in [0.25, 0.3) is 0 Å². The minimum absolute atomic E-state index is 0.0242. The zero-order valence-electron chi connectivity index (χ0n) is 22.5. The molecule has 39 heavy (non-hydrogen) atoms. The molecular formula is C29H39N3O7. The molecule has 0 bridgehead atoms. The number of hydrogen-bond acceptors (Lipinski definition) is 8. The number of anilines is 1. The lowest BCUT2D eigenvalue weighted by Gasteiger charge is -2.43. The number of nitrogens with one attached hydrogen (secondary N) is 2. The Morgan fingerprint density at radius 3 is 2.62 bits per heavy atom. The van der Waals surface area contributed by atoms with Crippen LogP contribution in [0.15, 0.2) is 48.5 Å². The summed E-state index contributed by atoms with van der Waals surface area (Å²) < 4.78 is 17.9. The first kappa shape index (κ1) is 29.0. The van der Waals surface area contributed by atoms with Crippen LogP contribution in [0.2, 0.25) is 0 Å². The van der Waals surface area contributed by atoms with Crippen LogP contribution in [0, 0.1) is 5.92 Å². The molecule has 2 aromatic carbocycles. The topological polar surface area (TPSA) is 130 Å². The number of carbonyl (C=O) groups is 2. The number of hydrogen-bond donors (Lipinski definition) is 4. The summed E-state index contributed by atoms with van der Waals surface area (Å²) in [6.07, 6.45) is 0.900. The van der Waals surface area contributed by atoms with Crippen molar-refractivity contribution in [3.8, 4) is 0 Å². The molecule has 4 rings (SSSR count). The van der Waals surface area contributed by atoms with Gasteiger partial charge in [-0.15, -0.1) is 0 Å². The fraction of sp³-hybridized carbons (Fsp3) is 0.517. The molecule has 10 nitrogen and oxygen atoms in total. The van der Waals surface area contributed by atoms with Crippen LogP contribution in [0.1, 0.15) is 55.8 Å². The molecule has 2 aliphatic heterocycles. The molecule has 4 N–H and O–H groups in total. The largest absolute Gasteiger partial charge is 0.465 e. The van der Waals surface area contributed by atoms with Gasteiger partial charge >= 0.3 is 12.0 Å². The Balaban J connectivity index is 1.52. The van der Waals surface area contributed by atoms with Crippen LogP contribution >= 0.6 is 0 Å². The van der Waals surface area contributed by atoms with Crippen molar-refractivity contribution in [2.24, 2.45) is 5.92 Å². The van der Waals surface area contributed by atoms with Crippen molar-refractivity contribution in [3.05, 3.63) is 65.2 Å². The minimum atomic E-state index is -0.687. The summed E-state index contributed by atoms with van der Waals surface area (Å²) >= 11 is 0. The molecule has 2 heterocycles. The van der Waals surface area contributed by atoms with Gasteiger partial charge in [-0.2, -0.15) is 0 Å². The zero-order valence-corrected chi connectivity index (χ0v) is 22.5. The van der Waals surface area contributed by atoms with Crippen LogP contribution in [0.4, 0.5) is 10.5 Å². The van der Waals surface area contributed by atoms with Gasteiger partial charge in [-0.3, -0.25) is 9.69 Å². The molecule has 0 aliphatic carbocycles. The maximum absolute atomic E-state index is 12.3. The fourth-order valence-corrected chi connectivity index (χ4v) is 5.20. The maximum atomic E-state index is 12.3. The van der Waals surface area contributed by atoms with Gasteiger partial charge in [-0.1, -0.05) is 43.3 Å². The molecule has 2 aliphatic rings. The highest BCUT2D eigenvalue weighted by atomic mass is 16.7. The van der Waals surface area contributed by atoms with Crippen molar-refractivity contribution >= 4 is 17.7 Å². The number of nitrogens with zero attached hydrogens (tertiary/aromatic N) is 1. The smallest absolute Gasteiger partial charge is 0.325 e. The van der Waals surface area contributed by atoms with Crippen molar-refractivity contribution in [2.75, 3.05) is 38.2 Å². The van der Waals surface area contributed by atoms with Crippen LogP contribution in [0.3, 0.4) is 0 Å². The van der Waals surface area contributed by atoms with Crippen LogP contribution in [-0.4, -0.2) is 72.1 Å². The normalized spacial score (nSPS) is 25.3. The van der Waals surface area contributed by atoms with E-state index in [-0.39, 0.29) is 50.5 Å². The molecule has 2 amide bonds. The third-order valence-electron chi connectivity index (χ3n) is 7.36. The molecule has 10 heteroatoms. The first-order valence-corrected chi connectivity index (χ1v) is 13.6. The number of benzene rings is 2. The molecule has 0 saturated carbocycles. The van der Waals surface area contributed by atoms with E-state index in [4.69, 9.17) is 14.2 Å². The van der Waals surface area contributed by atoms with E-state index in [0.29, 0.717) is 12.2 Å². The molecule has 0 radical (unpaired) electrons. The number of likely N-dealkylation sites (tertiary alicyclic amines) is 1. The van der Waals surface area contributed by atoms with Crippen LogP contribution in [-0.2, 0) is 25.6 Å². The number of carbonyl (C=O) groups excluding carboxylic acids is 2. The highest BCUT2D eigenvalue weighted by Crippen LogP contribution is 2.42. The van der Waals surface area contributed by atoms with Gasteiger partial charge in [0.05, 0.1) is 32.0 Å². The summed E-state index contributed by atoms with van der Waals surface area (Å²) in [7, 11) is 0. The third kappa shape index (κ3) is 7.55. The number of ether oxygens (including phenoxy) is 3. The molecule has 212 valence electrons. The Kier molecular flexibility index (Phi) is 10.3. The van der Waals surface area contributed by atoms with Gasteiger partial charge in [0.25, 0.3) is 0 Å². The number of aliphatic hydroxyl groups excluding tert-OH is 2. The number of urea groups is 1. The highest BCUT2D eigenvalue weighted by molar-refractivity contribution is 5.91. The summed E-state index contributed by atoms with van der Waals surface area (Å²) in [6, 6.07) is 14.6. The van der Waals surface area contributed by atoms with Gasteiger partial charge in [0.2, 0.25) is 0 Å². The second kappa shape index (κ2) is 13.9. The second-order valence-corrected chi connectivity index (χ2v) is 10.0. The Bertz CT molecular complexity index is 1100. The zero-order chi connectivity index (χ0) is 27.8. The molecule has 0 aromatic heterocycles. The third-order valence-corrected chi connectivity index (χ3v) is 7.36. The van der Waals surface area contributed by atoms with E-state index in [1.807, 2.05) is 36.4 Å². The number of rotatable bonds is 10. The maximum Gasteiger partial charge on any atom is 0.325 e. The molecular weight excluding hydrogens is 502 g/mol. The lowest BCUT2D eigenvalue weighted by Crippen LogP contribution is -2.46. The molecule has 2 aromatic rings. The Labute approximate surface area is 229 Å². The minimum Gasteiger partial charge on any atom is -0.465 e. The number of esters is 1. The summed E-state index contributed by atoms with van der Waals surface area (Å²) in [5.74, 6) is -0.485. The lowest BCUT2D eigenvalue weighted by atomic mass is 9.90. The van der Waals surface area contributed by atoms with E-state index in [9.17, 15) is 19.8 Å². The Hall–Kier alpha value is -3.02. The monoisotopic (exact) mass is 541 g/mol. The van der Waals surface area contributed by atoms with Crippen LogP contribution in [0.5, 0.6) is 0 Å². The van der Waals surface area contributed by atoms with Crippen molar-refractivity contribution in [1.82, 2.24) is 10.2 Å². The highest BCUT2D eigenvalue weighted by Gasteiger charge is 2.40. The molecule has 5 atom stereocenters. The predicted octanol–water partition coefficient (Wildman–Crippen LogP) is 3.11. The van der Waals surface area contributed by atoms with Crippen molar-refractivity contribution in [1.29, 1.82) is 0 Å². The summed E-state index contributed by atoms with van der Waals surface area (Å²) in [4.78, 5) is 26.1. The van der Waals surface area contributed by atoms with E-state index < -0.39 is 18.3 Å². The fourth-order valence-electron chi connectivity index (χ4n) is 5.20. The van der Waals surface area contributed by atoms with Crippen molar-refractivity contribution in [2.45, 2.75) is 57.8 Å². The predicted molar refractivity (Wildman–Crippen MR) is 145 cm³/mol. The van der Waals surface area contributed by atoms with Crippen molar-refractivity contribution < 1.29 is 34.0 Å². The standard InChI is InChI=1S/C29H39N3O7/c1-3-37-26(35)15-30-29(36)31-23-7-4-6-22(14-23)28-38-25(16-32-13-5-8-24(32)18-34)19(2)27(39-28)21-11-9-20(17-33)10-12-21/h4,6-7,9-12,14,19,24-25,27-28,33-34H,3,5,8,13,15-18H2,1-2H3,(H2,30,31,36)/t19-,24+,25+,27+,28+/m1/s1. The van der Waals surface area contributed by atoms with Gasteiger partial charge in [0, 0.05) is 29.8 Å². The Morgan fingerprint density at radius 2 is 1.90 bits per heavy atom. The first-order valence-electron chi connectivity index (χ1n) is 13.6. The molecule has 2 saturated heterocycles. The van der Waals surface area contributed by atoms with E-state index in [1.165, 1.54) is 0 Å². The molecule has 0 spiro atoms. The first-order chi connectivity index (χ1) is 18.9. The quantitative estimate of drug-likeness (QED) is 0.338. The summed E-state index contributed by atoms with van der Waals surface area (Å²) in [5.41, 5.74) is 3.09. The van der Waals surface area contributed by atoms with E-state index >= 15 is 0 Å². The van der Waals surface area contributed by atoms with E-state index in [1.54, 1.807) is 19.1 Å². The van der Waals surface area contributed by atoms with Gasteiger partial charge in [0.15, 0.2) is 6.29 Å². The van der Waals surface area contributed by atoms with Gasteiger partial charge in [0.1, 0.15) is 6.54 Å². The lowest BCUT2D eigenvalue weighted by molar-refractivity contribution is -0.276. The van der Waals surface area contributed by atoms with Crippen LogP contribution < -0.4 is 10.6 Å². The van der Waals surface area contributed by atoms with Crippen molar-refractivity contribution in [3.63, 3.8) is 0 Å². The van der Waals surface area contributed by atoms with E-state index in [2.05, 4.69) is 22.5 Å². The molecule has 0 unspecified atom stereocenters. The summed E-state index contributed by atoms with van der Waals surface area (Å²) in [5, 5.41) is 24.5. The van der Waals surface area contributed by atoms with E-state index in [0.717, 1.165) is 36.1 Å². The summed E-state index contributed by atoms with van der Waals surface area (Å²) in [6.45, 7) is 5.52. The SMILES string of the molecule is CCOC(=O)CNC(=O)Nc1cccc([C@H]2O[C@@H](CN3CCC[C@H]3CO)[C@@H](C)[C@@H](c3ccc(CO)cc3)O2)c1. The average Bonchev–Trinajstić information content (AvgIpc) is 3.40. The number of aliphatic hydroxyl groups is 2. The average molecular weight is 542 g/mol. The molecule has 2 fully saturated rings. The second-order valence-electron chi connectivity index (χ2n) is 10.0. The van der Waals surface area contributed by atoms with Gasteiger partial charge in [-0.25, -0.2) is 4.79 Å². The van der Waals surface area contributed by atoms with Gasteiger partial charge in [-0.05, 0) is 49.6 Å². The van der Waals surface area contributed by atoms with Gasteiger partial charge < -0.3 is 35.1 Å². The Morgan fingerprint density at radius 1 is 1.10 bits per heavy atom.